The molecule has 0 spiro atoms. The van der Waals surface area contributed by atoms with E-state index in [2.05, 4.69) is 0 Å². The molecule has 5 nitrogen and oxygen atoms in total. The Balaban J connectivity index is 3.76. The minimum Gasteiger partial charge on any atom is -0.480 e. The predicted molar refractivity (Wildman–Crippen MR) is 46.4 cm³/mol. The van der Waals surface area contributed by atoms with E-state index in [1.165, 1.54) is 0 Å². The third-order valence-corrected chi connectivity index (χ3v) is 1.81. The standard InChI is InChI=1S/C7H17N3O2/c8-2-1-5(4-9)3-6(10)7(11)12/h5-6H,1-4,8-10H2,(H,11,12)/t5?,6-/m0/s1. The Morgan fingerprint density at radius 1 is 1.42 bits per heavy atom. The van der Waals surface area contributed by atoms with E-state index < -0.39 is 12.0 Å². The molecule has 0 rings (SSSR count). The summed E-state index contributed by atoms with van der Waals surface area (Å²) in [6.45, 7) is 0.965. The highest BCUT2D eigenvalue weighted by atomic mass is 16.4. The summed E-state index contributed by atoms with van der Waals surface area (Å²) in [6, 6.07) is -0.815. The van der Waals surface area contributed by atoms with Crippen molar-refractivity contribution in [3.63, 3.8) is 0 Å². The van der Waals surface area contributed by atoms with Crippen LogP contribution in [0.1, 0.15) is 12.8 Å². The molecule has 1 unspecified atom stereocenters. The zero-order valence-corrected chi connectivity index (χ0v) is 7.07. The third-order valence-electron chi connectivity index (χ3n) is 1.81. The summed E-state index contributed by atoms with van der Waals surface area (Å²) in [5.74, 6) is -0.855. The first-order chi connectivity index (χ1) is 5.61. The SMILES string of the molecule is NCCC(CN)C[C@H](N)C(=O)O. The topological polar surface area (TPSA) is 115 Å². The minimum atomic E-state index is -0.981. The Hall–Kier alpha value is -0.650. The highest BCUT2D eigenvalue weighted by Crippen LogP contribution is 2.07. The van der Waals surface area contributed by atoms with Gasteiger partial charge in [-0.3, -0.25) is 4.79 Å². The van der Waals surface area contributed by atoms with E-state index in [-0.39, 0.29) is 5.92 Å². The maximum Gasteiger partial charge on any atom is 0.320 e. The van der Waals surface area contributed by atoms with Crippen molar-refractivity contribution in [2.75, 3.05) is 13.1 Å². The van der Waals surface area contributed by atoms with Gasteiger partial charge in [0.05, 0.1) is 0 Å². The van der Waals surface area contributed by atoms with Crippen LogP contribution in [0.2, 0.25) is 0 Å². The first kappa shape index (κ1) is 11.4. The van der Waals surface area contributed by atoms with E-state index in [4.69, 9.17) is 22.3 Å². The summed E-state index contributed by atoms with van der Waals surface area (Å²) in [7, 11) is 0. The molecule has 7 N–H and O–H groups in total. The number of carboxylic acids is 1. The van der Waals surface area contributed by atoms with Crippen LogP contribution in [-0.4, -0.2) is 30.2 Å². The molecular formula is C7H17N3O2. The molecule has 0 aromatic heterocycles. The molecule has 0 amide bonds. The molecule has 0 aliphatic rings. The Morgan fingerprint density at radius 2 is 2.00 bits per heavy atom. The number of nitrogens with two attached hydrogens (primary N) is 3. The van der Waals surface area contributed by atoms with Crippen LogP contribution in [0.3, 0.4) is 0 Å². The summed E-state index contributed by atoms with van der Waals surface area (Å²) < 4.78 is 0. The van der Waals surface area contributed by atoms with Crippen LogP contribution < -0.4 is 17.2 Å². The molecular weight excluding hydrogens is 158 g/mol. The van der Waals surface area contributed by atoms with Crippen LogP contribution >= 0.6 is 0 Å². The third kappa shape index (κ3) is 4.27. The lowest BCUT2D eigenvalue weighted by atomic mass is 9.97. The summed E-state index contributed by atoms with van der Waals surface area (Å²) in [4.78, 5) is 10.4. The molecule has 2 atom stereocenters. The van der Waals surface area contributed by atoms with Gasteiger partial charge in [0.15, 0.2) is 0 Å². The fraction of sp³-hybridized carbons (Fsp3) is 0.857. The molecule has 0 heterocycles. The van der Waals surface area contributed by atoms with Crippen LogP contribution in [0.25, 0.3) is 0 Å². The first-order valence-corrected chi connectivity index (χ1v) is 4.00. The van der Waals surface area contributed by atoms with E-state index in [0.717, 1.165) is 6.42 Å². The molecule has 5 heteroatoms. The number of carbonyl (C=O) groups is 1. The van der Waals surface area contributed by atoms with Gasteiger partial charge in [0.1, 0.15) is 6.04 Å². The highest BCUT2D eigenvalue weighted by Gasteiger charge is 2.16. The fourth-order valence-electron chi connectivity index (χ4n) is 1.03. The number of aliphatic carboxylic acids is 1. The Kier molecular flexibility index (Phi) is 5.61. The van der Waals surface area contributed by atoms with Gasteiger partial charge in [-0.2, -0.15) is 0 Å². The van der Waals surface area contributed by atoms with Gasteiger partial charge in [0.2, 0.25) is 0 Å². The van der Waals surface area contributed by atoms with Gasteiger partial charge in [0, 0.05) is 0 Å². The second-order valence-corrected chi connectivity index (χ2v) is 2.86. The van der Waals surface area contributed by atoms with Crippen LogP contribution in [0.15, 0.2) is 0 Å². The Bertz CT molecular complexity index is 141. The van der Waals surface area contributed by atoms with Crippen molar-refractivity contribution < 1.29 is 9.90 Å². The van der Waals surface area contributed by atoms with Crippen molar-refractivity contribution in [2.24, 2.45) is 23.1 Å². The quantitative estimate of drug-likeness (QED) is 0.401. The van der Waals surface area contributed by atoms with Crippen molar-refractivity contribution in [3.05, 3.63) is 0 Å². The molecule has 0 fully saturated rings. The smallest absolute Gasteiger partial charge is 0.320 e. The number of hydrogen-bond donors (Lipinski definition) is 4. The van der Waals surface area contributed by atoms with Gasteiger partial charge in [-0.05, 0) is 31.8 Å². The Labute approximate surface area is 71.9 Å². The van der Waals surface area contributed by atoms with Crippen molar-refractivity contribution >= 4 is 5.97 Å². The molecule has 12 heavy (non-hydrogen) atoms. The number of carboxylic acid groups (broad SMARTS) is 1. The van der Waals surface area contributed by atoms with Crippen molar-refractivity contribution in [1.29, 1.82) is 0 Å². The minimum absolute atomic E-state index is 0.126. The van der Waals surface area contributed by atoms with E-state index in [1.807, 2.05) is 0 Å². The largest absolute Gasteiger partial charge is 0.480 e. The summed E-state index contributed by atoms with van der Waals surface area (Å²) in [5, 5.41) is 8.50. The van der Waals surface area contributed by atoms with Crippen LogP contribution in [0.4, 0.5) is 0 Å². The molecule has 0 aliphatic heterocycles. The molecule has 0 saturated carbocycles. The lowest BCUT2D eigenvalue weighted by molar-refractivity contribution is -0.138. The number of rotatable bonds is 6. The van der Waals surface area contributed by atoms with E-state index in [0.29, 0.717) is 19.5 Å². The summed E-state index contributed by atoms with van der Waals surface area (Å²) >= 11 is 0. The summed E-state index contributed by atoms with van der Waals surface area (Å²) in [6.07, 6.45) is 1.14. The zero-order chi connectivity index (χ0) is 9.56. The second kappa shape index (κ2) is 5.93. The van der Waals surface area contributed by atoms with Crippen LogP contribution in [-0.2, 0) is 4.79 Å². The molecule has 0 aromatic rings. The van der Waals surface area contributed by atoms with Crippen LogP contribution in [0, 0.1) is 5.92 Å². The number of hydrogen-bond acceptors (Lipinski definition) is 4. The second-order valence-electron chi connectivity index (χ2n) is 2.86. The summed E-state index contributed by atoms with van der Waals surface area (Å²) in [5.41, 5.74) is 16.0. The van der Waals surface area contributed by atoms with Gasteiger partial charge < -0.3 is 22.3 Å². The van der Waals surface area contributed by atoms with E-state index in [1.54, 1.807) is 0 Å². The molecule has 72 valence electrons. The zero-order valence-electron chi connectivity index (χ0n) is 7.07. The van der Waals surface area contributed by atoms with E-state index >= 15 is 0 Å². The lowest BCUT2D eigenvalue weighted by Gasteiger charge is -2.15. The normalized spacial score (nSPS) is 15.6. The maximum absolute atomic E-state index is 10.4. The maximum atomic E-state index is 10.4. The van der Waals surface area contributed by atoms with E-state index in [9.17, 15) is 4.79 Å². The average Bonchev–Trinajstić information content (AvgIpc) is 2.03. The molecule has 0 bridgehead atoms. The lowest BCUT2D eigenvalue weighted by Crippen LogP contribution is -2.34. The predicted octanol–water partition coefficient (Wildman–Crippen LogP) is -1.29. The van der Waals surface area contributed by atoms with Crippen molar-refractivity contribution in [1.82, 2.24) is 0 Å². The van der Waals surface area contributed by atoms with Gasteiger partial charge in [0.25, 0.3) is 0 Å². The molecule has 0 aliphatic carbocycles. The highest BCUT2D eigenvalue weighted by molar-refractivity contribution is 5.73. The molecule has 0 saturated heterocycles. The molecule has 0 radical (unpaired) electrons. The van der Waals surface area contributed by atoms with Crippen molar-refractivity contribution in [3.8, 4) is 0 Å². The van der Waals surface area contributed by atoms with Gasteiger partial charge in [-0.25, -0.2) is 0 Å². The average molecular weight is 175 g/mol. The van der Waals surface area contributed by atoms with Gasteiger partial charge >= 0.3 is 5.97 Å². The van der Waals surface area contributed by atoms with Gasteiger partial charge in [-0.1, -0.05) is 0 Å². The molecule has 0 aromatic carbocycles. The first-order valence-electron chi connectivity index (χ1n) is 4.00. The Morgan fingerprint density at radius 3 is 2.33 bits per heavy atom. The van der Waals surface area contributed by atoms with Gasteiger partial charge in [-0.15, -0.1) is 0 Å². The van der Waals surface area contributed by atoms with Crippen LogP contribution in [0.5, 0.6) is 0 Å². The monoisotopic (exact) mass is 175 g/mol. The van der Waals surface area contributed by atoms with Crippen molar-refractivity contribution in [2.45, 2.75) is 18.9 Å². The fourth-order valence-corrected chi connectivity index (χ4v) is 1.03.